The molecule has 0 spiro atoms. The van der Waals surface area contributed by atoms with Crippen LogP contribution in [-0.2, 0) is 9.84 Å². The van der Waals surface area contributed by atoms with Gasteiger partial charge in [-0.15, -0.1) is 0 Å². The van der Waals surface area contributed by atoms with Gasteiger partial charge in [0.25, 0.3) is 0 Å². The minimum atomic E-state index is -2.75. The maximum absolute atomic E-state index is 11.5. The van der Waals surface area contributed by atoms with Gasteiger partial charge in [0.2, 0.25) is 0 Å². The van der Waals surface area contributed by atoms with Gasteiger partial charge >= 0.3 is 0 Å². The summed E-state index contributed by atoms with van der Waals surface area (Å²) in [5.74, 6) is 2.30. The molecule has 3 heterocycles. The van der Waals surface area contributed by atoms with Gasteiger partial charge < -0.3 is 9.80 Å². The predicted molar refractivity (Wildman–Crippen MR) is 96.0 cm³/mol. The van der Waals surface area contributed by atoms with Crippen LogP contribution in [0.3, 0.4) is 0 Å². The molecule has 0 unspecified atom stereocenters. The number of hydrogen-bond donors (Lipinski definition) is 0. The van der Waals surface area contributed by atoms with E-state index in [1.165, 1.54) is 0 Å². The molecule has 134 valence electrons. The summed E-state index contributed by atoms with van der Waals surface area (Å²) in [6.45, 7) is 5.22. The largest absolute Gasteiger partial charge is 0.356 e. The number of aryl methyl sites for hydroxylation is 1. The van der Waals surface area contributed by atoms with Crippen LogP contribution in [0.5, 0.6) is 0 Å². The van der Waals surface area contributed by atoms with E-state index in [1.807, 2.05) is 13.0 Å². The minimum Gasteiger partial charge on any atom is -0.356 e. The van der Waals surface area contributed by atoms with Gasteiger partial charge in [0.05, 0.1) is 11.5 Å². The van der Waals surface area contributed by atoms with Crippen LogP contribution in [0.25, 0.3) is 0 Å². The molecular weight excluding hydrogens is 324 g/mol. The molecule has 24 heavy (non-hydrogen) atoms. The maximum atomic E-state index is 11.5. The SMILES string of the molecule is Cc1cc(N(C)C2CCN(CC3CCS(=O)(=O)CC3)CC2)ncn1. The highest BCUT2D eigenvalue weighted by Crippen LogP contribution is 2.24. The first kappa shape index (κ1) is 17.6. The predicted octanol–water partition coefficient (Wildman–Crippen LogP) is 1.51. The molecular formula is C17H28N4O2S. The highest BCUT2D eigenvalue weighted by molar-refractivity contribution is 7.91. The summed E-state index contributed by atoms with van der Waals surface area (Å²) in [6.07, 6.45) is 5.56. The molecule has 2 aliphatic rings. The molecule has 2 aliphatic heterocycles. The fourth-order valence-electron chi connectivity index (χ4n) is 3.80. The third kappa shape index (κ3) is 4.45. The minimum absolute atomic E-state index is 0.379. The molecule has 2 saturated heterocycles. The molecule has 0 radical (unpaired) electrons. The molecule has 0 saturated carbocycles. The molecule has 2 fully saturated rings. The summed E-state index contributed by atoms with van der Waals surface area (Å²) in [7, 11) is -0.629. The van der Waals surface area contributed by atoms with Gasteiger partial charge in [-0.3, -0.25) is 0 Å². The lowest BCUT2D eigenvalue weighted by molar-refractivity contribution is 0.176. The summed E-state index contributed by atoms with van der Waals surface area (Å²) in [5, 5.41) is 0. The van der Waals surface area contributed by atoms with Crippen LogP contribution in [0.4, 0.5) is 5.82 Å². The fourth-order valence-corrected chi connectivity index (χ4v) is 5.39. The van der Waals surface area contributed by atoms with E-state index in [1.54, 1.807) is 6.33 Å². The Balaban J connectivity index is 1.47. The number of rotatable bonds is 4. The number of hydrogen-bond acceptors (Lipinski definition) is 6. The second-order valence-corrected chi connectivity index (χ2v) is 9.56. The zero-order valence-corrected chi connectivity index (χ0v) is 15.5. The van der Waals surface area contributed by atoms with E-state index in [0.717, 1.165) is 56.8 Å². The van der Waals surface area contributed by atoms with Crippen molar-refractivity contribution in [1.29, 1.82) is 0 Å². The van der Waals surface area contributed by atoms with Gasteiger partial charge in [-0.25, -0.2) is 18.4 Å². The van der Waals surface area contributed by atoms with E-state index in [9.17, 15) is 8.42 Å². The van der Waals surface area contributed by atoms with Crippen molar-refractivity contribution in [3.63, 3.8) is 0 Å². The second-order valence-electron chi connectivity index (χ2n) is 7.26. The Morgan fingerprint density at radius 1 is 1.17 bits per heavy atom. The Hall–Kier alpha value is -1.21. The van der Waals surface area contributed by atoms with Gasteiger partial charge in [0.1, 0.15) is 22.0 Å². The zero-order valence-electron chi connectivity index (χ0n) is 14.7. The Labute approximate surface area is 145 Å². The highest BCUT2D eigenvalue weighted by Gasteiger charge is 2.28. The average Bonchev–Trinajstić information content (AvgIpc) is 2.57. The van der Waals surface area contributed by atoms with Crippen LogP contribution in [0.2, 0.25) is 0 Å². The average molecular weight is 353 g/mol. The lowest BCUT2D eigenvalue weighted by Crippen LogP contribution is -2.45. The Morgan fingerprint density at radius 2 is 1.83 bits per heavy atom. The molecule has 0 atom stereocenters. The van der Waals surface area contributed by atoms with Crippen LogP contribution in [0, 0.1) is 12.8 Å². The number of sulfone groups is 1. The van der Waals surface area contributed by atoms with Crippen molar-refractivity contribution in [2.75, 3.05) is 43.1 Å². The lowest BCUT2D eigenvalue weighted by atomic mass is 9.98. The summed E-state index contributed by atoms with van der Waals surface area (Å²) in [5.41, 5.74) is 0.997. The fraction of sp³-hybridized carbons (Fsp3) is 0.765. The molecule has 6 nitrogen and oxygen atoms in total. The number of likely N-dealkylation sites (tertiary alicyclic amines) is 1. The Morgan fingerprint density at radius 3 is 2.46 bits per heavy atom. The van der Waals surface area contributed by atoms with Crippen LogP contribution in [-0.4, -0.2) is 67.5 Å². The van der Waals surface area contributed by atoms with E-state index < -0.39 is 9.84 Å². The molecule has 0 aromatic carbocycles. The molecule has 1 aromatic heterocycles. The van der Waals surface area contributed by atoms with Crippen LogP contribution in [0.1, 0.15) is 31.4 Å². The number of aromatic nitrogens is 2. The van der Waals surface area contributed by atoms with Crippen molar-refractivity contribution < 1.29 is 8.42 Å². The van der Waals surface area contributed by atoms with Gasteiger partial charge in [0, 0.05) is 44.5 Å². The van der Waals surface area contributed by atoms with Crippen molar-refractivity contribution in [1.82, 2.24) is 14.9 Å². The number of piperidine rings is 1. The lowest BCUT2D eigenvalue weighted by Gasteiger charge is -2.39. The van der Waals surface area contributed by atoms with Gasteiger partial charge in [-0.05, 0) is 38.5 Å². The van der Waals surface area contributed by atoms with Crippen molar-refractivity contribution in [3.05, 3.63) is 18.1 Å². The molecule has 0 N–H and O–H groups in total. The number of anilines is 1. The van der Waals surface area contributed by atoms with Gasteiger partial charge in [-0.1, -0.05) is 0 Å². The van der Waals surface area contributed by atoms with E-state index in [2.05, 4.69) is 26.8 Å². The van der Waals surface area contributed by atoms with E-state index in [4.69, 9.17) is 0 Å². The third-order valence-electron chi connectivity index (χ3n) is 5.45. The molecule has 7 heteroatoms. The normalized spacial score (nSPS) is 23.2. The first-order chi connectivity index (χ1) is 11.4. The van der Waals surface area contributed by atoms with Crippen molar-refractivity contribution in [3.8, 4) is 0 Å². The third-order valence-corrected chi connectivity index (χ3v) is 7.16. The summed E-state index contributed by atoms with van der Waals surface area (Å²) in [4.78, 5) is 13.3. The second kappa shape index (κ2) is 7.35. The van der Waals surface area contributed by atoms with Crippen LogP contribution < -0.4 is 4.90 Å². The molecule has 0 bridgehead atoms. The monoisotopic (exact) mass is 352 g/mol. The topological polar surface area (TPSA) is 66.4 Å². The highest BCUT2D eigenvalue weighted by atomic mass is 32.2. The first-order valence-corrected chi connectivity index (χ1v) is 10.7. The summed E-state index contributed by atoms with van der Waals surface area (Å²) < 4.78 is 23.1. The number of nitrogens with zero attached hydrogens (tertiary/aromatic N) is 4. The van der Waals surface area contributed by atoms with Crippen molar-refractivity contribution in [2.24, 2.45) is 5.92 Å². The van der Waals surface area contributed by atoms with Gasteiger partial charge in [0.15, 0.2) is 0 Å². The van der Waals surface area contributed by atoms with Crippen molar-refractivity contribution >= 4 is 15.7 Å². The Bertz CT molecular complexity index is 642. The van der Waals surface area contributed by atoms with E-state index in [-0.39, 0.29) is 0 Å². The Kier molecular flexibility index (Phi) is 5.39. The zero-order chi connectivity index (χ0) is 17.2. The summed E-state index contributed by atoms with van der Waals surface area (Å²) >= 11 is 0. The first-order valence-electron chi connectivity index (χ1n) is 8.87. The summed E-state index contributed by atoms with van der Waals surface area (Å²) in [6, 6.07) is 2.55. The van der Waals surface area contributed by atoms with Gasteiger partial charge in [-0.2, -0.15) is 0 Å². The quantitative estimate of drug-likeness (QED) is 0.818. The van der Waals surface area contributed by atoms with E-state index >= 15 is 0 Å². The van der Waals surface area contributed by atoms with E-state index in [0.29, 0.717) is 23.5 Å². The molecule has 1 aromatic rings. The van der Waals surface area contributed by atoms with Crippen LogP contribution >= 0.6 is 0 Å². The standard InChI is InChI=1S/C17H28N4O2S/c1-14-11-17(19-13-18-14)20(2)16-3-7-21(8-4-16)12-15-5-9-24(22,23)10-6-15/h11,13,15-16H,3-10,12H2,1-2H3. The molecule has 0 aliphatic carbocycles. The maximum Gasteiger partial charge on any atom is 0.150 e. The van der Waals surface area contributed by atoms with Crippen LogP contribution in [0.15, 0.2) is 12.4 Å². The van der Waals surface area contributed by atoms with Crippen molar-refractivity contribution in [2.45, 2.75) is 38.6 Å². The molecule has 0 amide bonds. The molecule has 3 rings (SSSR count). The smallest absolute Gasteiger partial charge is 0.150 e.